The number of hydrogen-bond donors (Lipinski definition) is 1. The van der Waals surface area contributed by atoms with E-state index in [-0.39, 0.29) is 23.0 Å². The fourth-order valence-corrected chi connectivity index (χ4v) is 2.62. The first-order valence-electron chi connectivity index (χ1n) is 7.80. The first-order chi connectivity index (χ1) is 12.9. The third-order valence-corrected chi connectivity index (χ3v) is 3.98. The average molecular weight is 373 g/mol. The van der Waals surface area contributed by atoms with Gasteiger partial charge in [0.05, 0.1) is 11.8 Å². The molecule has 0 unspecified atom stereocenters. The van der Waals surface area contributed by atoms with Crippen LogP contribution in [-0.4, -0.2) is 19.5 Å². The van der Waals surface area contributed by atoms with Crippen molar-refractivity contribution in [1.29, 1.82) is 0 Å². The van der Waals surface area contributed by atoms with Crippen LogP contribution in [0.15, 0.2) is 42.6 Å². The minimum Gasteiger partial charge on any atom is -0.321 e. The summed E-state index contributed by atoms with van der Waals surface area (Å²) in [6.45, 7) is 0. The first kappa shape index (κ1) is 17.0. The summed E-state index contributed by atoms with van der Waals surface area (Å²) in [4.78, 5) is 12.5. The zero-order valence-corrected chi connectivity index (χ0v) is 13.8. The van der Waals surface area contributed by atoms with Gasteiger partial charge >= 0.3 is 0 Å². The average Bonchev–Trinajstić information content (AvgIpc) is 2.94. The quantitative estimate of drug-likeness (QED) is 0.543. The summed E-state index contributed by atoms with van der Waals surface area (Å²) in [5, 5.41) is 2.59. The van der Waals surface area contributed by atoms with E-state index >= 15 is 0 Å². The van der Waals surface area contributed by atoms with E-state index in [2.05, 4.69) is 20.3 Å². The maximum absolute atomic E-state index is 14.0. The van der Waals surface area contributed by atoms with E-state index in [1.54, 1.807) is 7.05 Å². The van der Waals surface area contributed by atoms with Gasteiger partial charge in [-0.25, -0.2) is 32.5 Å². The van der Waals surface area contributed by atoms with Gasteiger partial charge in [0.15, 0.2) is 11.5 Å². The van der Waals surface area contributed by atoms with Gasteiger partial charge in [-0.2, -0.15) is 0 Å². The van der Waals surface area contributed by atoms with Crippen molar-refractivity contribution in [3.05, 3.63) is 65.9 Å². The number of imidazole rings is 1. The van der Waals surface area contributed by atoms with E-state index in [0.717, 1.165) is 24.3 Å². The number of halogens is 4. The molecule has 0 atom stereocenters. The number of rotatable bonds is 3. The van der Waals surface area contributed by atoms with Crippen molar-refractivity contribution >= 4 is 22.8 Å². The van der Waals surface area contributed by atoms with E-state index in [1.165, 1.54) is 22.9 Å². The highest BCUT2D eigenvalue weighted by Gasteiger charge is 2.16. The molecular weight excluding hydrogens is 362 g/mol. The van der Waals surface area contributed by atoms with Crippen molar-refractivity contribution in [3.63, 3.8) is 0 Å². The molecule has 0 aliphatic heterocycles. The molecule has 0 spiro atoms. The van der Waals surface area contributed by atoms with Gasteiger partial charge in [0.25, 0.3) is 0 Å². The number of aromatic nitrogens is 4. The SMILES string of the molecule is Cn1c(Nc2c(F)cccc2F)nc2cnc(-c3ccc(F)cc3F)nc21. The number of anilines is 2. The molecule has 0 aliphatic rings. The minimum atomic E-state index is -0.803. The highest BCUT2D eigenvalue weighted by molar-refractivity contribution is 5.77. The van der Waals surface area contributed by atoms with Crippen LogP contribution in [0.5, 0.6) is 0 Å². The normalized spacial score (nSPS) is 11.1. The van der Waals surface area contributed by atoms with Crippen LogP contribution in [0.25, 0.3) is 22.6 Å². The summed E-state index contributed by atoms with van der Waals surface area (Å²) in [5.74, 6) is -2.91. The Balaban J connectivity index is 1.78. The van der Waals surface area contributed by atoms with Gasteiger partial charge in [-0.3, -0.25) is 4.57 Å². The van der Waals surface area contributed by atoms with E-state index in [0.29, 0.717) is 11.2 Å². The molecule has 2 aromatic heterocycles. The smallest absolute Gasteiger partial charge is 0.209 e. The molecule has 9 heteroatoms. The maximum Gasteiger partial charge on any atom is 0.209 e. The monoisotopic (exact) mass is 373 g/mol. The van der Waals surface area contributed by atoms with Gasteiger partial charge in [0.2, 0.25) is 5.95 Å². The van der Waals surface area contributed by atoms with Crippen molar-refractivity contribution in [2.75, 3.05) is 5.32 Å². The third kappa shape index (κ3) is 2.97. The molecule has 0 fully saturated rings. The van der Waals surface area contributed by atoms with Gasteiger partial charge in [0, 0.05) is 13.1 Å². The predicted octanol–water partition coefficient (Wildman–Crippen LogP) is 4.33. The van der Waals surface area contributed by atoms with Gasteiger partial charge in [-0.05, 0) is 24.3 Å². The second-order valence-electron chi connectivity index (χ2n) is 5.74. The molecule has 0 saturated heterocycles. The van der Waals surface area contributed by atoms with Crippen LogP contribution in [0.1, 0.15) is 0 Å². The highest BCUT2D eigenvalue weighted by Crippen LogP contribution is 2.26. The predicted molar refractivity (Wildman–Crippen MR) is 91.3 cm³/mol. The molecule has 4 rings (SSSR count). The molecule has 27 heavy (non-hydrogen) atoms. The Labute approximate surface area is 150 Å². The molecule has 0 bridgehead atoms. The summed E-state index contributed by atoms with van der Waals surface area (Å²) in [7, 11) is 1.58. The Hall–Kier alpha value is -3.49. The molecule has 0 amide bonds. The molecule has 0 saturated carbocycles. The Morgan fingerprint density at radius 1 is 0.926 bits per heavy atom. The zero-order valence-electron chi connectivity index (χ0n) is 13.8. The summed E-state index contributed by atoms with van der Waals surface area (Å²) in [6, 6.07) is 6.55. The zero-order chi connectivity index (χ0) is 19.1. The van der Waals surface area contributed by atoms with Gasteiger partial charge in [-0.1, -0.05) is 6.07 Å². The lowest BCUT2D eigenvalue weighted by Crippen LogP contribution is -2.03. The van der Waals surface area contributed by atoms with Gasteiger partial charge < -0.3 is 5.32 Å². The number of benzene rings is 2. The molecule has 0 radical (unpaired) electrons. The molecule has 2 aromatic carbocycles. The molecule has 4 aromatic rings. The largest absolute Gasteiger partial charge is 0.321 e. The second-order valence-corrected chi connectivity index (χ2v) is 5.74. The minimum absolute atomic E-state index is 0.0224. The first-order valence-corrected chi connectivity index (χ1v) is 7.80. The van der Waals surface area contributed by atoms with Crippen molar-refractivity contribution < 1.29 is 17.6 Å². The number of para-hydroxylation sites is 1. The number of nitrogens with zero attached hydrogens (tertiary/aromatic N) is 4. The topological polar surface area (TPSA) is 55.6 Å². The number of nitrogens with one attached hydrogen (secondary N) is 1. The molecule has 136 valence electrons. The lowest BCUT2D eigenvalue weighted by atomic mass is 10.2. The van der Waals surface area contributed by atoms with Crippen LogP contribution in [0.4, 0.5) is 29.2 Å². The van der Waals surface area contributed by atoms with Crippen LogP contribution in [0, 0.1) is 23.3 Å². The lowest BCUT2D eigenvalue weighted by Gasteiger charge is -2.08. The molecule has 0 aliphatic carbocycles. The maximum atomic E-state index is 14.0. The Kier molecular flexibility index (Phi) is 3.98. The second kappa shape index (κ2) is 6.35. The standard InChI is InChI=1S/C18H11F4N5/c1-27-17-14(24-18(27)25-15-11(20)3-2-4-12(15)21)8-23-16(26-17)10-6-5-9(19)7-13(10)22/h2-8H,1H3,(H,24,25). The lowest BCUT2D eigenvalue weighted by molar-refractivity contribution is 0.585. The Morgan fingerprint density at radius 3 is 2.37 bits per heavy atom. The summed E-state index contributed by atoms with van der Waals surface area (Å²) in [6.07, 6.45) is 1.35. The highest BCUT2D eigenvalue weighted by atomic mass is 19.1. The number of hydrogen-bond acceptors (Lipinski definition) is 4. The van der Waals surface area contributed by atoms with Crippen molar-refractivity contribution in [2.45, 2.75) is 0 Å². The Morgan fingerprint density at radius 2 is 1.67 bits per heavy atom. The fraction of sp³-hybridized carbons (Fsp3) is 0.0556. The van der Waals surface area contributed by atoms with Crippen molar-refractivity contribution in [2.24, 2.45) is 7.05 Å². The number of fused-ring (bicyclic) bond motifs is 1. The van der Waals surface area contributed by atoms with E-state index in [9.17, 15) is 17.6 Å². The summed E-state index contributed by atoms with van der Waals surface area (Å²) < 4.78 is 56.2. The van der Waals surface area contributed by atoms with Gasteiger partial charge in [0.1, 0.15) is 34.5 Å². The van der Waals surface area contributed by atoms with Crippen LogP contribution < -0.4 is 5.32 Å². The van der Waals surface area contributed by atoms with Crippen molar-refractivity contribution in [1.82, 2.24) is 19.5 Å². The van der Waals surface area contributed by atoms with Crippen LogP contribution in [0.2, 0.25) is 0 Å². The van der Waals surface area contributed by atoms with Crippen LogP contribution >= 0.6 is 0 Å². The molecule has 1 N–H and O–H groups in total. The van der Waals surface area contributed by atoms with Crippen LogP contribution in [-0.2, 0) is 7.05 Å². The van der Waals surface area contributed by atoms with Crippen LogP contribution in [0.3, 0.4) is 0 Å². The molecular formula is C18H11F4N5. The van der Waals surface area contributed by atoms with Crippen molar-refractivity contribution in [3.8, 4) is 11.4 Å². The summed E-state index contributed by atoms with van der Waals surface area (Å²) >= 11 is 0. The van der Waals surface area contributed by atoms with E-state index < -0.39 is 23.3 Å². The third-order valence-electron chi connectivity index (χ3n) is 3.98. The Bertz CT molecular complexity index is 1150. The molecule has 5 nitrogen and oxygen atoms in total. The van der Waals surface area contributed by atoms with Gasteiger partial charge in [-0.15, -0.1) is 0 Å². The fourth-order valence-electron chi connectivity index (χ4n) is 2.62. The number of aryl methyl sites for hydroxylation is 1. The molecule has 2 heterocycles. The van der Waals surface area contributed by atoms with E-state index in [1.807, 2.05) is 0 Å². The van der Waals surface area contributed by atoms with E-state index in [4.69, 9.17) is 0 Å². The summed E-state index contributed by atoms with van der Waals surface area (Å²) in [5.41, 5.74) is 0.314.